The number of hydrogen-bond donors (Lipinski definition) is 2. The number of sulfonamides is 1. The van der Waals surface area contributed by atoms with Gasteiger partial charge in [-0.1, -0.05) is 23.7 Å². The number of aromatic amines is 1. The van der Waals surface area contributed by atoms with Crippen molar-refractivity contribution in [2.24, 2.45) is 0 Å². The molecule has 136 valence electrons. The number of benzene rings is 2. The monoisotopic (exact) mass is 392 g/mol. The minimum atomic E-state index is -3.66. The Morgan fingerprint density at radius 1 is 1.23 bits per heavy atom. The van der Waals surface area contributed by atoms with E-state index in [0.717, 1.165) is 15.3 Å². The van der Waals surface area contributed by atoms with Gasteiger partial charge in [0.2, 0.25) is 10.0 Å². The Balaban J connectivity index is 1.81. The van der Waals surface area contributed by atoms with Crippen LogP contribution in [0.25, 0.3) is 11.0 Å². The molecule has 0 unspecified atom stereocenters. The molecule has 0 radical (unpaired) electrons. The van der Waals surface area contributed by atoms with Gasteiger partial charge in [-0.2, -0.15) is 0 Å². The van der Waals surface area contributed by atoms with Gasteiger partial charge in [0.05, 0.1) is 33.1 Å². The van der Waals surface area contributed by atoms with Gasteiger partial charge >= 0.3 is 0 Å². The van der Waals surface area contributed by atoms with E-state index in [1.165, 1.54) is 32.3 Å². The number of nitrogens with zero attached hydrogens (tertiary/aromatic N) is 2. The molecular formula is C17H17ClN4O3S. The molecule has 1 amide bonds. The normalized spacial score (nSPS) is 11.8. The van der Waals surface area contributed by atoms with Crippen LogP contribution in [0.2, 0.25) is 5.02 Å². The van der Waals surface area contributed by atoms with Crippen LogP contribution in [0.3, 0.4) is 0 Å². The van der Waals surface area contributed by atoms with Crippen LogP contribution in [-0.2, 0) is 16.6 Å². The van der Waals surface area contributed by atoms with Gasteiger partial charge in [-0.05, 0) is 30.3 Å². The first-order valence-electron chi connectivity index (χ1n) is 7.73. The molecule has 0 atom stereocenters. The largest absolute Gasteiger partial charge is 0.345 e. The molecule has 0 spiro atoms. The Hall–Kier alpha value is -2.42. The Morgan fingerprint density at radius 2 is 1.96 bits per heavy atom. The minimum Gasteiger partial charge on any atom is -0.345 e. The fourth-order valence-corrected chi connectivity index (χ4v) is 3.53. The molecule has 0 bridgehead atoms. The first-order valence-corrected chi connectivity index (χ1v) is 9.55. The highest BCUT2D eigenvalue weighted by Crippen LogP contribution is 2.22. The molecule has 0 aliphatic heterocycles. The number of aromatic nitrogens is 2. The zero-order valence-corrected chi connectivity index (χ0v) is 15.7. The van der Waals surface area contributed by atoms with E-state index in [1.807, 2.05) is 24.3 Å². The van der Waals surface area contributed by atoms with Crippen molar-refractivity contribution in [2.45, 2.75) is 11.4 Å². The van der Waals surface area contributed by atoms with E-state index in [9.17, 15) is 13.2 Å². The van der Waals surface area contributed by atoms with E-state index >= 15 is 0 Å². The molecule has 0 fully saturated rings. The number of halogens is 1. The summed E-state index contributed by atoms with van der Waals surface area (Å²) in [5, 5.41) is 2.87. The Labute approximate surface area is 156 Å². The summed E-state index contributed by atoms with van der Waals surface area (Å²) in [6, 6.07) is 11.6. The van der Waals surface area contributed by atoms with Gasteiger partial charge in [-0.25, -0.2) is 17.7 Å². The van der Waals surface area contributed by atoms with Crippen LogP contribution in [-0.4, -0.2) is 42.7 Å². The van der Waals surface area contributed by atoms with Gasteiger partial charge in [0.1, 0.15) is 5.82 Å². The van der Waals surface area contributed by atoms with Crippen LogP contribution in [0.15, 0.2) is 47.4 Å². The average Bonchev–Trinajstić information content (AvgIpc) is 3.02. The standard InChI is InChI=1S/C17H17ClN4O3S/c1-22(2)26(24,25)11-7-8-13(18)12(9-11)17(23)19-10-16-20-14-5-3-4-6-15(14)21-16/h3-9H,10H2,1-2H3,(H,19,23)(H,20,21). The highest BCUT2D eigenvalue weighted by atomic mass is 35.5. The van der Waals surface area contributed by atoms with Crippen LogP contribution in [0, 0.1) is 0 Å². The number of rotatable bonds is 5. The minimum absolute atomic E-state index is 0.000729. The second-order valence-corrected chi connectivity index (χ2v) is 8.37. The first-order chi connectivity index (χ1) is 12.3. The smallest absolute Gasteiger partial charge is 0.253 e. The summed E-state index contributed by atoms with van der Waals surface area (Å²) >= 11 is 6.07. The molecule has 3 rings (SSSR count). The SMILES string of the molecule is CN(C)S(=O)(=O)c1ccc(Cl)c(C(=O)NCc2nc3ccccc3[nH]2)c1. The lowest BCUT2D eigenvalue weighted by Crippen LogP contribution is -2.25. The maximum Gasteiger partial charge on any atom is 0.253 e. The summed E-state index contributed by atoms with van der Waals surface area (Å²) < 4.78 is 25.5. The molecule has 1 heterocycles. The van der Waals surface area contributed by atoms with Gasteiger partial charge in [-0.15, -0.1) is 0 Å². The van der Waals surface area contributed by atoms with Crippen molar-refractivity contribution in [2.75, 3.05) is 14.1 Å². The van der Waals surface area contributed by atoms with E-state index in [-0.39, 0.29) is 22.0 Å². The number of H-pyrrole nitrogens is 1. The third kappa shape index (κ3) is 3.57. The van der Waals surface area contributed by atoms with Gasteiger partial charge < -0.3 is 10.3 Å². The summed E-state index contributed by atoms with van der Waals surface area (Å²) in [6.07, 6.45) is 0. The lowest BCUT2D eigenvalue weighted by Gasteiger charge is -2.13. The van der Waals surface area contributed by atoms with Crippen molar-refractivity contribution in [3.05, 3.63) is 58.9 Å². The van der Waals surface area contributed by atoms with Crippen molar-refractivity contribution < 1.29 is 13.2 Å². The molecule has 3 aromatic rings. The molecule has 1 aromatic heterocycles. The fraction of sp³-hybridized carbons (Fsp3) is 0.176. The highest BCUT2D eigenvalue weighted by molar-refractivity contribution is 7.89. The second kappa shape index (κ2) is 7.06. The Bertz CT molecular complexity index is 1040. The number of imidazole rings is 1. The van der Waals surface area contributed by atoms with Crippen molar-refractivity contribution in [1.82, 2.24) is 19.6 Å². The summed E-state index contributed by atoms with van der Waals surface area (Å²) in [5.41, 5.74) is 1.76. The topological polar surface area (TPSA) is 95.2 Å². The number of amides is 1. The lowest BCUT2D eigenvalue weighted by molar-refractivity contribution is 0.0950. The van der Waals surface area contributed by atoms with E-state index in [0.29, 0.717) is 5.82 Å². The van der Waals surface area contributed by atoms with Crippen LogP contribution in [0.4, 0.5) is 0 Å². The summed E-state index contributed by atoms with van der Waals surface area (Å²) in [7, 11) is -0.814. The van der Waals surface area contributed by atoms with E-state index in [1.54, 1.807) is 0 Å². The van der Waals surface area contributed by atoms with Crippen LogP contribution in [0.1, 0.15) is 16.2 Å². The molecule has 0 saturated heterocycles. The molecule has 2 aromatic carbocycles. The quantitative estimate of drug-likeness (QED) is 0.697. The molecule has 0 aliphatic rings. The summed E-state index contributed by atoms with van der Waals surface area (Å²) in [4.78, 5) is 19.9. The van der Waals surface area contributed by atoms with Crippen molar-refractivity contribution in [3.8, 4) is 0 Å². The molecule has 9 heteroatoms. The van der Waals surface area contributed by atoms with E-state index < -0.39 is 15.9 Å². The van der Waals surface area contributed by atoms with E-state index in [4.69, 9.17) is 11.6 Å². The van der Waals surface area contributed by atoms with Crippen molar-refractivity contribution in [3.63, 3.8) is 0 Å². The van der Waals surface area contributed by atoms with Crippen molar-refractivity contribution in [1.29, 1.82) is 0 Å². The van der Waals surface area contributed by atoms with Crippen LogP contribution in [0.5, 0.6) is 0 Å². The molecule has 7 nitrogen and oxygen atoms in total. The number of para-hydroxylation sites is 2. The first kappa shape index (κ1) is 18.4. The summed E-state index contributed by atoms with van der Waals surface area (Å²) in [6.45, 7) is 0.161. The fourth-order valence-electron chi connectivity index (χ4n) is 2.40. The summed E-state index contributed by atoms with van der Waals surface area (Å²) in [5.74, 6) is 0.110. The number of carbonyl (C=O) groups excluding carboxylic acids is 1. The maximum atomic E-state index is 12.5. The number of fused-ring (bicyclic) bond motifs is 1. The molecular weight excluding hydrogens is 376 g/mol. The van der Waals surface area contributed by atoms with E-state index in [2.05, 4.69) is 15.3 Å². The van der Waals surface area contributed by atoms with Gasteiger partial charge in [0.15, 0.2) is 0 Å². The Kier molecular flexibility index (Phi) is 4.99. The average molecular weight is 393 g/mol. The second-order valence-electron chi connectivity index (χ2n) is 5.81. The third-order valence-electron chi connectivity index (χ3n) is 3.82. The molecule has 0 aliphatic carbocycles. The predicted octanol–water partition coefficient (Wildman–Crippen LogP) is 2.40. The van der Waals surface area contributed by atoms with Gasteiger partial charge in [-0.3, -0.25) is 4.79 Å². The number of hydrogen-bond acceptors (Lipinski definition) is 4. The zero-order chi connectivity index (χ0) is 18.9. The highest BCUT2D eigenvalue weighted by Gasteiger charge is 2.20. The van der Waals surface area contributed by atoms with Gasteiger partial charge in [0, 0.05) is 14.1 Å². The third-order valence-corrected chi connectivity index (χ3v) is 5.96. The lowest BCUT2D eigenvalue weighted by atomic mass is 10.2. The molecule has 26 heavy (non-hydrogen) atoms. The van der Waals surface area contributed by atoms with Crippen LogP contribution < -0.4 is 5.32 Å². The Morgan fingerprint density at radius 3 is 2.65 bits per heavy atom. The predicted molar refractivity (Wildman–Crippen MR) is 99.6 cm³/mol. The molecule has 0 saturated carbocycles. The molecule has 2 N–H and O–H groups in total. The number of carbonyl (C=O) groups is 1. The van der Waals surface area contributed by atoms with Gasteiger partial charge in [0.25, 0.3) is 5.91 Å². The zero-order valence-electron chi connectivity index (χ0n) is 14.2. The number of nitrogens with one attached hydrogen (secondary N) is 2. The van der Waals surface area contributed by atoms with Crippen molar-refractivity contribution >= 4 is 38.6 Å². The maximum absolute atomic E-state index is 12.5. The van der Waals surface area contributed by atoms with Crippen LogP contribution >= 0.6 is 11.6 Å².